The molecule has 2 aliphatic heterocycles. The average Bonchev–Trinajstić information content (AvgIpc) is 2.63. The van der Waals surface area contributed by atoms with Gasteiger partial charge in [-0.1, -0.05) is 0 Å². The van der Waals surface area contributed by atoms with Crippen LogP contribution in [0.4, 0.5) is 0 Å². The molecule has 0 saturated carbocycles. The molecule has 4 heteroatoms. The third-order valence-electron chi connectivity index (χ3n) is 3.91. The van der Waals surface area contributed by atoms with Gasteiger partial charge in [0.15, 0.2) is 0 Å². The molecule has 0 bridgehead atoms. The largest absolute Gasteiger partial charge is 0.352 e. The smallest absolute Gasteiger partial charge is 0.237 e. The molecular formula is C14H27N3O. The van der Waals surface area contributed by atoms with E-state index in [-0.39, 0.29) is 29.1 Å². The van der Waals surface area contributed by atoms with E-state index in [9.17, 15) is 4.79 Å². The third-order valence-corrected chi connectivity index (χ3v) is 3.91. The summed E-state index contributed by atoms with van der Waals surface area (Å²) in [5, 5.41) is 10.1. The Morgan fingerprint density at radius 2 is 1.78 bits per heavy atom. The van der Waals surface area contributed by atoms with Crippen LogP contribution in [0.5, 0.6) is 0 Å². The van der Waals surface area contributed by atoms with E-state index in [2.05, 4.69) is 43.6 Å². The summed E-state index contributed by atoms with van der Waals surface area (Å²) in [7, 11) is 0. The number of piperidine rings is 1. The van der Waals surface area contributed by atoms with Crippen molar-refractivity contribution >= 4 is 5.91 Å². The molecular weight excluding hydrogens is 226 g/mol. The molecule has 2 aliphatic rings. The number of hydrogen-bond donors (Lipinski definition) is 3. The average molecular weight is 253 g/mol. The number of carbonyl (C=O) groups is 1. The molecule has 0 spiro atoms. The van der Waals surface area contributed by atoms with Crippen molar-refractivity contribution in [2.45, 2.75) is 76.5 Å². The Morgan fingerprint density at radius 1 is 1.17 bits per heavy atom. The zero-order valence-corrected chi connectivity index (χ0v) is 12.1. The number of rotatable bonds is 2. The van der Waals surface area contributed by atoms with E-state index < -0.39 is 0 Å². The maximum Gasteiger partial charge on any atom is 0.237 e. The van der Waals surface area contributed by atoms with Crippen molar-refractivity contribution in [2.24, 2.45) is 0 Å². The highest BCUT2D eigenvalue weighted by atomic mass is 16.2. The quantitative estimate of drug-likeness (QED) is 0.692. The summed E-state index contributed by atoms with van der Waals surface area (Å²) >= 11 is 0. The van der Waals surface area contributed by atoms with Crippen molar-refractivity contribution in [3.63, 3.8) is 0 Å². The van der Waals surface area contributed by atoms with Crippen LogP contribution < -0.4 is 16.0 Å². The van der Waals surface area contributed by atoms with Crippen LogP contribution in [0, 0.1) is 0 Å². The predicted octanol–water partition coefficient (Wildman–Crippen LogP) is 1.16. The Bertz CT molecular complexity index is 303. The molecule has 2 saturated heterocycles. The summed E-state index contributed by atoms with van der Waals surface area (Å²) < 4.78 is 0. The molecule has 2 heterocycles. The molecule has 0 aromatic carbocycles. The predicted molar refractivity (Wildman–Crippen MR) is 73.5 cm³/mol. The Morgan fingerprint density at radius 3 is 2.28 bits per heavy atom. The van der Waals surface area contributed by atoms with Crippen LogP contribution in [0.2, 0.25) is 0 Å². The number of hydrogen-bond acceptors (Lipinski definition) is 3. The highest BCUT2D eigenvalue weighted by Gasteiger charge is 2.38. The SMILES string of the molecule is CC1(C)CC(NC(=O)[C@H]2CCCN2)CC(C)(C)N1. The highest BCUT2D eigenvalue weighted by Crippen LogP contribution is 2.28. The van der Waals surface area contributed by atoms with Crippen molar-refractivity contribution in [1.29, 1.82) is 0 Å². The maximum absolute atomic E-state index is 12.1. The van der Waals surface area contributed by atoms with Crippen molar-refractivity contribution in [3.05, 3.63) is 0 Å². The molecule has 0 aromatic heterocycles. The van der Waals surface area contributed by atoms with Crippen LogP contribution in [-0.2, 0) is 4.79 Å². The van der Waals surface area contributed by atoms with Gasteiger partial charge < -0.3 is 16.0 Å². The topological polar surface area (TPSA) is 53.2 Å². The standard InChI is InChI=1S/C14H27N3O/c1-13(2)8-10(9-14(3,4)17-13)16-12(18)11-6-5-7-15-11/h10-11,15,17H,5-9H2,1-4H3,(H,16,18)/t11-/m1/s1. The van der Waals surface area contributed by atoms with Gasteiger partial charge >= 0.3 is 0 Å². The van der Waals surface area contributed by atoms with E-state index in [1.54, 1.807) is 0 Å². The van der Waals surface area contributed by atoms with Crippen molar-refractivity contribution in [1.82, 2.24) is 16.0 Å². The van der Waals surface area contributed by atoms with E-state index in [1.807, 2.05) is 0 Å². The number of amides is 1. The molecule has 0 radical (unpaired) electrons. The van der Waals surface area contributed by atoms with Gasteiger partial charge in [0, 0.05) is 17.1 Å². The summed E-state index contributed by atoms with van der Waals surface area (Å²) in [5.74, 6) is 0.186. The normalized spacial score (nSPS) is 31.2. The summed E-state index contributed by atoms with van der Waals surface area (Å²) in [6, 6.07) is 0.317. The van der Waals surface area contributed by atoms with Gasteiger partial charge in [-0.2, -0.15) is 0 Å². The Hall–Kier alpha value is -0.610. The van der Waals surface area contributed by atoms with Crippen molar-refractivity contribution in [2.75, 3.05) is 6.54 Å². The first-order valence-electron chi connectivity index (χ1n) is 7.11. The molecule has 1 atom stereocenters. The molecule has 2 rings (SSSR count). The first-order chi connectivity index (χ1) is 8.27. The van der Waals surface area contributed by atoms with Gasteiger partial charge in [0.05, 0.1) is 6.04 Å². The van der Waals surface area contributed by atoms with E-state index in [4.69, 9.17) is 0 Å². The van der Waals surface area contributed by atoms with Crippen LogP contribution in [0.25, 0.3) is 0 Å². The van der Waals surface area contributed by atoms with E-state index >= 15 is 0 Å². The Balaban J connectivity index is 1.94. The minimum absolute atomic E-state index is 0.0334. The fourth-order valence-corrected chi connectivity index (χ4v) is 3.63. The number of carbonyl (C=O) groups excluding carboxylic acids is 1. The lowest BCUT2D eigenvalue weighted by molar-refractivity contribution is -0.124. The van der Waals surface area contributed by atoms with Crippen LogP contribution in [0.15, 0.2) is 0 Å². The lowest BCUT2D eigenvalue weighted by Crippen LogP contribution is -2.63. The second-order valence-corrected chi connectivity index (χ2v) is 7.16. The van der Waals surface area contributed by atoms with Gasteiger partial charge in [-0.15, -0.1) is 0 Å². The number of nitrogens with one attached hydrogen (secondary N) is 3. The zero-order valence-electron chi connectivity index (χ0n) is 12.1. The molecule has 2 fully saturated rings. The highest BCUT2D eigenvalue weighted by molar-refractivity contribution is 5.82. The van der Waals surface area contributed by atoms with Crippen molar-refractivity contribution < 1.29 is 4.79 Å². The van der Waals surface area contributed by atoms with Gasteiger partial charge in [0.25, 0.3) is 0 Å². The minimum Gasteiger partial charge on any atom is -0.352 e. The van der Waals surface area contributed by atoms with Crippen LogP contribution >= 0.6 is 0 Å². The van der Waals surface area contributed by atoms with E-state index in [0.717, 1.165) is 32.2 Å². The molecule has 18 heavy (non-hydrogen) atoms. The summed E-state index contributed by atoms with van der Waals surface area (Å²) in [4.78, 5) is 12.1. The molecule has 0 aromatic rings. The molecule has 4 nitrogen and oxygen atoms in total. The van der Waals surface area contributed by atoms with Crippen LogP contribution in [-0.4, -0.2) is 35.6 Å². The Labute approximate surface area is 110 Å². The lowest BCUT2D eigenvalue weighted by atomic mass is 9.79. The maximum atomic E-state index is 12.1. The first-order valence-corrected chi connectivity index (χ1v) is 7.11. The second-order valence-electron chi connectivity index (χ2n) is 7.16. The monoisotopic (exact) mass is 253 g/mol. The van der Waals surface area contributed by atoms with E-state index in [1.165, 1.54) is 0 Å². The molecule has 104 valence electrons. The molecule has 0 aliphatic carbocycles. The van der Waals surface area contributed by atoms with Crippen LogP contribution in [0.1, 0.15) is 53.4 Å². The summed E-state index contributed by atoms with van der Waals surface area (Å²) in [6.07, 6.45) is 4.08. The van der Waals surface area contributed by atoms with Gasteiger partial charge in [0.1, 0.15) is 0 Å². The zero-order chi connectivity index (χ0) is 13.4. The third kappa shape index (κ3) is 3.45. The first kappa shape index (κ1) is 13.8. The van der Waals surface area contributed by atoms with Gasteiger partial charge in [-0.25, -0.2) is 0 Å². The van der Waals surface area contributed by atoms with Gasteiger partial charge in [-0.05, 0) is 59.9 Å². The summed E-state index contributed by atoms with van der Waals surface area (Å²) in [5.41, 5.74) is 0.172. The molecule has 1 amide bonds. The van der Waals surface area contributed by atoms with Crippen molar-refractivity contribution in [3.8, 4) is 0 Å². The lowest BCUT2D eigenvalue weighted by Gasteiger charge is -2.46. The van der Waals surface area contributed by atoms with E-state index in [0.29, 0.717) is 0 Å². The van der Waals surface area contributed by atoms with Crippen LogP contribution in [0.3, 0.4) is 0 Å². The fraction of sp³-hybridized carbons (Fsp3) is 0.929. The minimum atomic E-state index is 0.0334. The Kier molecular flexibility index (Phi) is 3.70. The summed E-state index contributed by atoms with van der Waals surface area (Å²) in [6.45, 7) is 9.81. The molecule has 0 unspecified atom stereocenters. The van der Waals surface area contributed by atoms with Gasteiger partial charge in [-0.3, -0.25) is 4.79 Å². The molecule has 3 N–H and O–H groups in total. The fourth-order valence-electron chi connectivity index (χ4n) is 3.63. The second kappa shape index (κ2) is 4.82. The van der Waals surface area contributed by atoms with Gasteiger partial charge in [0.2, 0.25) is 5.91 Å².